The Labute approximate surface area is 171 Å². The summed E-state index contributed by atoms with van der Waals surface area (Å²) >= 11 is 1.29. The predicted octanol–water partition coefficient (Wildman–Crippen LogP) is 1.96. The smallest absolute Gasteiger partial charge is 0.332 e. The van der Waals surface area contributed by atoms with Crippen LogP contribution in [-0.2, 0) is 24.8 Å². The number of nitrogens with zero attached hydrogens (tertiary/aromatic N) is 4. The van der Waals surface area contributed by atoms with Gasteiger partial charge in [-0.15, -0.1) is 0 Å². The first kappa shape index (κ1) is 19.4. The van der Waals surface area contributed by atoms with Gasteiger partial charge in [0.15, 0.2) is 10.8 Å². The molecule has 29 heavy (non-hydrogen) atoms. The quantitative estimate of drug-likeness (QED) is 0.691. The van der Waals surface area contributed by atoms with Crippen LogP contribution in [0.15, 0.2) is 33.9 Å². The fourth-order valence-electron chi connectivity index (χ4n) is 3.60. The summed E-state index contributed by atoms with van der Waals surface area (Å²) in [5.41, 5.74) is 1.11. The van der Waals surface area contributed by atoms with E-state index in [1.165, 1.54) is 23.0 Å². The van der Waals surface area contributed by atoms with E-state index in [0.717, 1.165) is 53.3 Å². The molecule has 0 saturated carbocycles. The number of benzene rings is 1. The molecule has 1 amide bonds. The molecule has 3 heterocycles. The number of carbonyl (C=O) groups excluding carboxylic acids is 1. The molecular weight excluding hydrogens is 390 g/mol. The van der Waals surface area contributed by atoms with E-state index in [1.807, 2.05) is 31.2 Å². The number of para-hydroxylation sites is 1. The van der Waals surface area contributed by atoms with E-state index >= 15 is 0 Å². The van der Waals surface area contributed by atoms with E-state index in [0.29, 0.717) is 4.70 Å². The van der Waals surface area contributed by atoms with E-state index < -0.39 is 5.69 Å². The summed E-state index contributed by atoms with van der Waals surface area (Å²) in [4.78, 5) is 44.7. The highest BCUT2D eigenvalue weighted by atomic mass is 32.1. The van der Waals surface area contributed by atoms with Crippen LogP contribution in [0.25, 0.3) is 10.3 Å². The molecule has 0 bridgehead atoms. The monoisotopic (exact) mass is 413 g/mol. The summed E-state index contributed by atoms with van der Waals surface area (Å²) in [5.74, 6) is -0.330. The van der Waals surface area contributed by atoms with Gasteiger partial charge in [0, 0.05) is 25.8 Å². The Kier molecular flexibility index (Phi) is 5.23. The number of carbonyl (C=O) groups is 1. The number of hydrogen-bond donors (Lipinski definition) is 1. The van der Waals surface area contributed by atoms with Gasteiger partial charge in [0.1, 0.15) is 11.2 Å². The lowest BCUT2D eigenvalue weighted by molar-refractivity contribution is -0.116. The van der Waals surface area contributed by atoms with Crippen molar-refractivity contribution in [2.45, 2.75) is 32.7 Å². The number of hydrogen-bond acceptors (Lipinski definition) is 6. The van der Waals surface area contributed by atoms with Crippen molar-refractivity contribution in [1.82, 2.24) is 14.1 Å². The number of anilines is 2. The first-order valence-corrected chi connectivity index (χ1v) is 10.5. The molecule has 0 radical (unpaired) electrons. The molecule has 4 rings (SSSR count). The van der Waals surface area contributed by atoms with Crippen LogP contribution in [0.5, 0.6) is 0 Å². The Morgan fingerprint density at radius 2 is 1.93 bits per heavy atom. The highest BCUT2D eigenvalue weighted by Gasteiger charge is 2.22. The third kappa shape index (κ3) is 3.57. The molecule has 0 atom stereocenters. The second-order valence-corrected chi connectivity index (χ2v) is 8.11. The molecule has 1 aliphatic heterocycles. The van der Waals surface area contributed by atoms with E-state index in [1.54, 1.807) is 0 Å². The molecule has 1 N–H and O–H groups in total. The predicted molar refractivity (Wildman–Crippen MR) is 115 cm³/mol. The lowest BCUT2D eigenvalue weighted by Crippen LogP contribution is -2.40. The van der Waals surface area contributed by atoms with E-state index in [2.05, 4.69) is 15.2 Å². The highest BCUT2D eigenvalue weighted by molar-refractivity contribution is 7.22. The van der Waals surface area contributed by atoms with Gasteiger partial charge in [-0.05, 0) is 30.9 Å². The number of amides is 1. The van der Waals surface area contributed by atoms with Crippen LogP contribution in [0.2, 0.25) is 0 Å². The molecule has 0 unspecified atom stereocenters. The standard InChI is InChI=1S/C20H23N5O3S/c1-3-13-8-4-5-9-14(13)21-15(26)12-25-17-16(18(27)23(2)20(25)28)29-19(22-17)24-10-6-7-11-24/h4-5,8-9H,3,6-7,10-12H2,1-2H3,(H,21,26). The van der Waals surface area contributed by atoms with Crippen molar-refractivity contribution < 1.29 is 4.79 Å². The summed E-state index contributed by atoms with van der Waals surface area (Å²) in [5, 5.41) is 3.60. The fourth-order valence-corrected chi connectivity index (χ4v) is 4.70. The van der Waals surface area contributed by atoms with Crippen molar-refractivity contribution in [2.75, 3.05) is 23.3 Å². The van der Waals surface area contributed by atoms with Crippen molar-refractivity contribution in [3.05, 3.63) is 50.7 Å². The average Bonchev–Trinajstić information content (AvgIpc) is 3.40. The van der Waals surface area contributed by atoms with Crippen LogP contribution >= 0.6 is 11.3 Å². The minimum atomic E-state index is -0.542. The zero-order valence-corrected chi connectivity index (χ0v) is 17.3. The number of nitrogens with one attached hydrogen (secondary N) is 1. The minimum Gasteiger partial charge on any atom is -0.348 e. The molecule has 1 aromatic carbocycles. The first-order valence-electron chi connectivity index (χ1n) is 9.72. The third-order valence-corrected chi connectivity index (χ3v) is 6.31. The summed E-state index contributed by atoms with van der Waals surface area (Å²) in [6.07, 6.45) is 2.95. The highest BCUT2D eigenvalue weighted by Crippen LogP contribution is 2.28. The maximum absolute atomic E-state index is 12.7. The van der Waals surface area contributed by atoms with Crippen LogP contribution in [-0.4, -0.2) is 33.1 Å². The number of thiazole rings is 1. The van der Waals surface area contributed by atoms with Gasteiger partial charge in [-0.2, -0.15) is 0 Å². The molecule has 2 aromatic heterocycles. The van der Waals surface area contributed by atoms with Crippen molar-refractivity contribution in [3.8, 4) is 0 Å². The molecular formula is C20H23N5O3S. The molecule has 0 aliphatic carbocycles. The number of aryl methyl sites for hydroxylation is 1. The van der Waals surface area contributed by atoms with Gasteiger partial charge in [0.2, 0.25) is 5.91 Å². The largest absolute Gasteiger partial charge is 0.348 e. The fraction of sp³-hybridized carbons (Fsp3) is 0.400. The first-order chi connectivity index (χ1) is 14.0. The van der Waals surface area contributed by atoms with Crippen LogP contribution in [0.4, 0.5) is 10.8 Å². The summed E-state index contributed by atoms with van der Waals surface area (Å²) in [6, 6.07) is 7.57. The van der Waals surface area contributed by atoms with Gasteiger partial charge in [0.25, 0.3) is 5.56 Å². The van der Waals surface area contributed by atoms with Crippen LogP contribution in [0.1, 0.15) is 25.3 Å². The molecule has 152 valence electrons. The Morgan fingerprint density at radius 1 is 1.21 bits per heavy atom. The van der Waals surface area contributed by atoms with Gasteiger partial charge in [-0.25, -0.2) is 9.78 Å². The second-order valence-electron chi connectivity index (χ2n) is 7.14. The SMILES string of the molecule is CCc1ccccc1NC(=O)Cn1c(=O)n(C)c(=O)c2sc(N3CCCC3)nc21. The molecule has 8 nitrogen and oxygen atoms in total. The van der Waals surface area contributed by atoms with Gasteiger partial charge in [0.05, 0.1) is 0 Å². The third-order valence-electron chi connectivity index (χ3n) is 5.22. The Bertz CT molecular complexity index is 1190. The zero-order chi connectivity index (χ0) is 20.5. The Hall–Kier alpha value is -2.94. The topological polar surface area (TPSA) is 89.2 Å². The molecule has 1 fully saturated rings. The van der Waals surface area contributed by atoms with Crippen LogP contribution in [0.3, 0.4) is 0 Å². The summed E-state index contributed by atoms with van der Waals surface area (Å²) in [6.45, 7) is 3.59. The number of aromatic nitrogens is 3. The van der Waals surface area contributed by atoms with Gasteiger partial charge >= 0.3 is 5.69 Å². The van der Waals surface area contributed by atoms with Crippen molar-refractivity contribution >= 4 is 38.4 Å². The maximum atomic E-state index is 12.7. The van der Waals surface area contributed by atoms with Crippen molar-refractivity contribution in [3.63, 3.8) is 0 Å². The molecule has 3 aromatic rings. The van der Waals surface area contributed by atoms with Crippen molar-refractivity contribution in [2.24, 2.45) is 7.05 Å². The van der Waals surface area contributed by atoms with Crippen LogP contribution in [0, 0.1) is 0 Å². The van der Waals surface area contributed by atoms with Crippen molar-refractivity contribution in [1.29, 1.82) is 0 Å². The average molecular weight is 414 g/mol. The molecule has 9 heteroatoms. The second kappa shape index (κ2) is 7.82. The maximum Gasteiger partial charge on any atom is 0.332 e. The summed E-state index contributed by atoms with van der Waals surface area (Å²) < 4.78 is 2.73. The lowest BCUT2D eigenvalue weighted by Gasteiger charge is -2.12. The Morgan fingerprint density at radius 3 is 2.66 bits per heavy atom. The van der Waals surface area contributed by atoms with Gasteiger partial charge in [-0.1, -0.05) is 36.5 Å². The summed E-state index contributed by atoms with van der Waals surface area (Å²) in [7, 11) is 1.43. The van der Waals surface area contributed by atoms with Gasteiger partial charge < -0.3 is 10.2 Å². The molecule has 0 spiro atoms. The lowest BCUT2D eigenvalue weighted by atomic mass is 10.1. The van der Waals surface area contributed by atoms with E-state index in [4.69, 9.17) is 0 Å². The van der Waals surface area contributed by atoms with E-state index in [9.17, 15) is 14.4 Å². The molecule has 1 saturated heterocycles. The van der Waals surface area contributed by atoms with E-state index in [-0.39, 0.29) is 23.7 Å². The zero-order valence-electron chi connectivity index (χ0n) is 16.5. The van der Waals surface area contributed by atoms with Gasteiger partial charge in [-0.3, -0.25) is 18.7 Å². The minimum absolute atomic E-state index is 0.204. The number of rotatable bonds is 5. The Balaban J connectivity index is 1.71. The van der Waals surface area contributed by atoms with Crippen LogP contribution < -0.4 is 21.5 Å². The normalized spacial score (nSPS) is 13.9. The number of fused-ring (bicyclic) bond motifs is 1. The molecule has 1 aliphatic rings.